The molecule has 1 heterocycles. The van der Waals surface area contributed by atoms with Crippen molar-refractivity contribution in [2.45, 2.75) is 20.3 Å². The minimum absolute atomic E-state index is 0.0152. The lowest BCUT2D eigenvalue weighted by Crippen LogP contribution is -2.30. The number of rotatable bonds is 5. The third kappa shape index (κ3) is 3.02. The van der Waals surface area contributed by atoms with Crippen molar-refractivity contribution in [1.29, 1.82) is 0 Å². The van der Waals surface area contributed by atoms with Crippen LogP contribution in [0.25, 0.3) is 10.9 Å². The lowest BCUT2D eigenvalue weighted by Gasteiger charge is -2.24. The molecule has 0 radical (unpaired) electrons. The molecule has 0 aliphatic rings. The number of pyridine rings is 1. The molecule has 2 aromatic rings. The van der Waals surface area contributed by atoms with Gasteiger partial charge < -0.3 is 10.0 Å². The van der Waals surface area contributed by atoms with E-state index in [0.29, 0.717) is 0 Å². The highest BCUT2D eigenvalue weighted by atomic mass is 16.4. The van der Waals surface area contributed by atoms with Gasteiger partial charge in [-0.3, -0.25) is 9.78 Å². The van der Waals surface area contributed by atoms with E-state index in [9.17, 15) is 4.79 Å². The predicted octanol–water partition coefficient (Wildman–Crippen LogP) is 2.84. The van der Waals surface area contributed by atoms with Gasteiger partial charge in [0.15, 0.2) is 0 Å². The molecule has 0 atom stereocenters. The molecule has 0 fully saturated rings. The molecule has 0 aliphatic heterocycles. The number of hydrogen-bond donors (Lipinski definition) is 1. The van der Waals surface area contributed by atoms with Gasteiger partial charge in [-0.05, 0) is 25.5 Å². The van der Waals surface area contributed by atoms with Crippen molar-refractivity contribution in [3.05, 3.63) is 36.0 Å². The van der Waals surface area contributed by atoms with Gasteiger partial charge in [0.2, 0.25) is 0 Å². The molecule has 100 valence electrons. The molecule has 0 amide bonds. The minimum atomic E-state index is -0.813. The van der Waals surface area contributed by atoms with Crippen LogP contribution in [0, 0.1) is 6.92 Å². The van der Waals surface area contributed by atoms with Gasteiger partial charge in [-0.25, -0.2) is 0 Å². The lowest BCUT2D eigenvalue weighted by molar-refractivity contribution is -0.135. The first-order valence-electron chi connectivity index (χ1n) is 6.45. The maximum atomic E-state index is 11.0. The first-order chi connectivity index (χ1) is 9.11. The van der Waals surface area contributed by atoms with Gasteiger partial charge in [0.25, 0.3) is 0 Å². The number of aryl methyl sites for hydroxylation is 1. The van der Waals surface area contributed by atoms with Crippen LogP contribution < -0.4 is 4.90 Å². The molecule has 4 heteroatoms. The maximum absolute atomic E-state index is 11.0. The second-order valence-electron chi connectivity index (χ2n) is 4.62. The van der Waals surface area contributed by atoms with Gasteiger partial charge in [0, 0.05) is 23.3 Å². The number of nitrogens with zero attached hydrogens (tertiary/aromatic N) is 2. The van der Waals surface area contributed by atoms with Crippen LogP contribution in [-0.2, 0) is 4.79 Å². The van der Waals surface area contributed by atoms with Crippen molar-refractivity contribution < 1.29 is 9.90 Å². The Hall–Kier alpha value is -2.10. The molecule has 1 N–H and O–H groups in total. The third-order valence-corrected chi connectivity index (χ3v) is 2.98. The Balaban J connectivity index is 2.54. The van der Waals surface area contributed by atoms with Crippen LogP contribution in [0.5, 0.6) is 0 Å². The molecule has 0 saturated carbocycles. The highest BCUT2D eigenvalue weighted by Gasteiger charge is 2.13. The fourth-order valence-electron chi connectivity index (χ4n) is 2.27. The van der Waals surface area contributed by atoms with Crippen LogP contribution in [0.4, 0.5) is 5.69 Å². The molecular formula is C15H18N2O2. The number of aliphatic carboxylic acids is 1. The molecule has 4 nitrogen and oxygen atoms in total. The molecule has 0 unspecified atom stereocenters. The average molecular weight is 258 g/mol. The number of para-hydroxylation sites is 1. The van der Waals surface area contributed by atoms with Crippen molar-refractivity contribution in [1.82, 2.24) is 4.98 Å². The second-order valence-corrected chi connectivity index (χ2v) is 4.62. The monoisotopic (exact) mass is 258 g/mol. The number of hydrogen-bond acceptors (Lipinski definition) is 3. The Morgan fingerprint density at radius 3 is 2.79 bits per heavy atom. The summed E-state index contributed by atoms with van der Waals surface area (Å²) in [4.78, 5) is 17.4. The number of carboxylic acid groups (broad SMARTS) is 1. The molecule has 0 spiro atoms. The third-order valence-electron chi connectivity index (χ3n) is 2.98. The van der Waals surface area contributed by atoms with Crippen molar-refractivity contribution in [2.24, 2.45) is 0 Å². The summed E-state index contributed by atoms with van der Waals surface area (Å²) in [6.07, 6.45) is 0.906. The maximum Gasteiger partial charge on any atom is 0.323 e. The Bertz CT molecular complexity index is 596. The zero-order valence-corrected chi connectivity index (χ0v) is 11.3. The molecule has 1 aromatic heterocycles. The van der Waals surface area contributed by atoms with Crippen LogP contribution in [0.2, 0.25) is 0 Å². The Kier molecular flexibility index (Phi) is 4.00. The molecule has 19 heavy (non-hydrogen) atoms. The summed E-state index contributed by atoms with van der Waals surface area (Å²) in [5, 5.41) is 10.1. The van der Waals surface area contributed by atoms with E-state index in [2.05, 4.69) is 4.98 Å². The van der Waals surface area contributed by atoms with Gasteiger partial charge in [-0.15, -0.1) is 0 Å². The number of benzene rings is 1. The Morgan fingerprint density at radius 2 is 2.11 bits per heavy atom. The van der Waals surface area contributed by atoms with Crippen LogP contribution in [0.1, 0.15) is 19.0 Å². The fraction of sp³-hybridized carbons (Fsp3) is 0.333. The number of anilines is 1. The van der Waals surface area contributed by atoms with E-state index < -0.39 is 5.97 Å². The van der Waals surface area contributed by atoms with E-state index in [1.807, 2.05) is 49.1 Å². The zero-order valence-electron chi connectivity index (χ0n) is 11.3. The SMILES string of the molecule is CCCN(CC(=O)O)c1cc(C)nc2ccccc12. The van der Waals surface area contributed by atoms with Gasteiger partial charge in [-0.2, -0.15) is 0 Å². The lowest BCUT2D eigenvalue weighted by atomic mass is 10.1. The van der Waals surface area contributed by atoms with E-state index >= 15 is 0 Å². The average Bonchev–Trinajstić information content (AvgIpc) is 2.36. The molecule has 0 saturated heterocycles. The standard InChI is InChI=1S/C15H18N2O2/c1-3-8-17(10-15(18)19)14-9-11(2)16-13-7-5-4-6-12(13)14/h4-7,9H,3,8,10H2,1-2H3,(H,18,19). The highest BCUT2D eigenvalue weighted by molar-refractivity contribution is 5.93. The number of carbonyl (C=O) groups is 1. The topological polar surface area (TPSA) is 53.4 Å². The summed E-state index contributed by atoms with van der Waals surface area (Å²) in [7, 11) is 0. The summed E-state index contributed by atoms with van der Waals surface area (Å²) < 4.78 is 0. The first-order valence-corrected chi connectivity index (χ1v) is 6.45. The predicted molar refractivity (Wildman–Crippen MR) is 76.6 cm³/mol. The summed E-state index contributed by atoms with van der Waals surface area (Å²) in [6, 6.07) is 9.80. The summed E-state index contributed by atoms with van der Waals surface area (Å²) in [6.45, 7) is 4.72. The van der Waals surface area contributed by atoms with Gasteiger partial charge >= 0.3 is 5.97 Å². The van der Waals surface area contributed by atoms with Crippen LogP contribution in [0.3, 0.4) is 0 Å². The van der Waals surface area contributed by atoms with Gasteiger partial charge in [0.05, 0.1) is 5.52 Å². The summed E-state index contributed by atoms with van der Waals surface area (Å²) in [5.74, 6) is -0.813. The Morgan fingerprint density at radius 1 is 1.37 bits per heavy atom. The number of aromatic nitrogens is 1. The van der Waals surface area contributed by atoms with Crippen molar-refractivity contribution in [3.63, 3.8) is 0 Å². The normalized spacial score (nSPS) is 10.6. The summed E-state index contributed by atoms with van der Waals surface area (Å²) in [5.41, 5.74) is 2.76. The van der Waals surface area contributed by atoms with Crippen molar-refractivity contribution >= 4 is 22.6 Å². The second kappa shape index (κ2) is 5.69. The van der Waals surface area contributed by atoms with Crippen molar-refractivity contribution in [2.75, 3.05) is 18.0 Å². The van der Waals surface area contributed by atoms with Crippen LogP contribution >= 0.6 is 0 Å². The Labute approximate surface area is 112 Å². The molecule has 1 aromatic carbocycles. The molecule has 0 bridgehead atoms. The minimum Gasteiger partial charge on any atom is -0.480 e. The van der Waals surface area contributed by atoms with Crippen molar-refractivity contribution in [3.8, 4) is 0 Å². The number of fused-ring (bicyclic) bond motifs is 1. The highest BCUT2D eigenvalue weighted by Crippen LogP contribution is 2.26. The zero-order chi connectivity index (χ0) is 13.8. The molecule has 0 aliphatic carbocycles. The molecule has 2 rings (SSSR count). The smallest absolute Gasteiger partial charge is 0.323 e. The van der Waals surface area contributed by atoms with Crippen LogP contribution in [-0.4, -0.2) is 29.1 Å². The number of carboxylic acids is 1. The van der Waals surface area contributed by atoms with E-state index in [4.69, 9.17) is 5.11 Å². The summed E-state index contributed by atoms with van der Waals surface area (Å²) >= 11 is 0. The van der Waals surface area contributed by atoms with Gasteiger partial charge in [-0.1, -0.05) is 25.1 Å². The van der Waals surface area contributed by atoms with Crippen LogP contribution in [0.15, 0.2) is 30.3 Å². The van der Waals surface area contributed by atoms with E-state index in [-0.39, 0.29) is 6.54 Å². The van der Waals surface area contributed by atoms with E-state index in [1.165, 1.54) is 0 Å². The first kappa shape index (κ1) is 13.3. The van der Waals surface area contributed by atoms with E-state index in [0.717, 1.165) is 35.2 Å². The largest absolute Gasteiger partial charge is 0.480 e. The fourth-order valence-corrected chi connectivity index (χ4v) is 2.27. The molecular weight excluding hydrogens is 240 g/mol. The van der Waals surface area contributed by atoms with Gasteiger partial charge in [0.1, 0.15) is 6.54 Å². The van der Waals surface area contributed by atoms with E-state index in [1.54, 1.807) is 0 Å². The quantitative estimate of drug-likeness (QED) is 0.896.